The van der Waals surface area contributed by atoms with E-state index in [4.69, 9.17) is 27.9 Å². The average Bonchev–Trinajstić information content (AvgIpc) is 2.74. The van der Waals surface area contributed by atoms with Crippen molar-refractivity contribution in [1.29, 1.82) is 0 Å². The number of hydrogen-bond acceptors (Lipinski definition) is 2. The fourth-order valence-corrected chi connectivity index (χ4v) is 2.26. The van der Waals surface area contributed by atoms with E-state index in [0.717, 1.165) is 5.52 Å². The fourth-order valence-electron chi connectivity index (χ4n) is 1.84. The summed E-state index contributed by atoms with van der Waals surface area (Å²) in [5.41, 5.74) is 1.48. The SMILES string of the molecule is FC(F)COCCn1c(CCl)nc2c(Cl)cccc21. The number of para-hydroxylation sites is 1. The van der Waals surface area contributed by atoms with E-state index < -0.39 is 13.0 Å². The molecule has 0 saturated heterocycles. The Labute approximate surface area is 119 Å². The van der Waals surface area contributed by atoms with E-state index in [9.17, 15) is 8.78 Å². The van der Waals surface area contributed by atoms with Crippen LogP contribution in [0, 0.1) is 0 Å². The summed E-state index contributed by atoms with van der Waals surface area (Å²) in [7, 11) is 0. The van der Waals surface area contributed by atoms with Gasteiger partial charge in [0.25, 0.3) is 6.43 Å². The minimum atomic E-state index is -2.46. The average molecular weight is 309 g/mol. The van der Waals surface area contributed by atoms with Gasteiger partial charge in [-0.15, -0.1) is 11.6 Å². The minimum Gasteiger partial charge on any atom is -0.374 e. The van der Waals surface area contributed by atoms with Crippen LogP contribution in [-0.4, -0.2) is 29.2 Å². The molecule has 0 unspecified atom stereocenters. The van der Waals surface area contributed by atoms with Gasteiger partial charge in [0.05, 0.1) is 23.0 Å². The molecule has 7 heteroatoms. The number of hydrogen-bond donors (Lipinski definition) is 0. The zero-order chi connectivity index (χ0) is 13.8. The van der Waals surface area contributed by atoms with E-state index >= 15 is 0 Å². The van der Waals surface area contributed by atoms with Crippen LogP contribution in [0.1, 0.15) is 5.82 Å². The molecule has 0 aliphatic rings. The largest absolute Gasteiger partial charge is 0.374 e. The maximum absolute atomic E-state index is 12.0. The molecule has 0 bridgehead atoms. The Hall–Kier alpha value is -0.910. The van der Waals surface area contributed by atoms with Gasteiger partial charge in [0.15, 0.2) is 0 Å². The van der Waals surface area contributed by atoms with Crippen molar-refractivity contribution in [3.8, 4) is 0 Å². The second kappa shape index (κ2) is 6.50. The molecule has 2 rings (SSSR count). The Morgan fingerprint density at radius 1 is 1.37 bits per heavy atom. The van der Waals surface area contributed by atoms with Crippen LogP contribution >= 0.6 is 23.2 Å². The van der Waals surface area contributed by atoms with Crippen molar-refractivity contribution in [2.45, 2.75) is 18.9 Å². The smallest absolute Gasteiger partial charge is 0.261 e. The molecule has 0 aliphatic carbocycles. The van der Waals surface area contributed by atoms with Gasteiger partial charge in [0, 0.05) is 6.54 Å². The number of benzene rings is 1. The lowest BCUT2D eigenvalue weighted by Gasteiger charge is -2.08. The number of imidazole rings is 1. The van der Waals surface area contributed by atoms with Crippen molar-refractivity contribution in [3.05, 3.63) is 29.0 Å². The second-order valence-corrected chi connectivity index (χ2v) is 4.56. The molecule has 1 aromatic heterocycles. The van der Waals surface area contributed by atoms with Crippen LogP contribution in [0.15, 0.2) is 18.2 Å². The molecule has 0 saturated carbocycles. The number of halogens is 4. The molecular weight excluding hydrogens is 297 g/mol. The Morgan fingerprint density at radius 3 is 2.84 bits per heavy atom. The normalized spacial score (nSPS) is 11.6. The molecule has 0 radical (unpaired) electrons. The van der Waals surface area contributed by atoms with Gasteiger partial charge in [-0.25, -0.2) is 13.8 Å². The van der Waals surface area contributed by atoms with E-state index in [1.807, 2.05) is 10.6 Å². The summed E-state index contributed by atoms with van der Waals surface area (Å²) in [6.45, 7) is 0.0153. The molecule has 0 atom stereocenters. The van der Waals surface area contributed by atoms with Crippen molar-refractivity contribution < 1.29 is 13.5 Å². The van der Waals surface area contributed by atoms with Crippen LogP contribution in [-0.2, 0) is 17.2 Å². The van der Waals surface area contributed by atoms with Crippen LogP contribution in [0.25, 0.3) is 11.0 Å². The van der Waals surface area contributed by atoms with E-state index in [2.05, 4.69) is 4.98 Å². The van der Waals surface area contributed by atoms with Crippen LogP contribution < -0.4 is 0 Å². The van der Waals surface area contributed by atoms with Crippen molar-refractivity contribution in [2.75, 3.05) is 13.2 Å². The first-order valence-corrected chi connectivity index (χ1v) is 6.60. The number of alkyl halides is 3. The highest BCUT2D eigenvalue weighted by molar-refractivity contribution is 6.34. The minimum absolute atomic E-state index is 0.173. The van der Waals surface area contributed by atoms with E-state index in [1.54, 1.807) is 12.1 Å². The van der Waals surface area contributed by atoms with Crippen molar-refractivity contribution in [2.24, 2.45) is 0 Å². The van der Waals surface area contributed by atoms with Crippen LogP contribution in [0.4, 0.5) is 8.78 Å². The van der Waals surface area contributed by atoms with E-state index in [1.165, 1.54) is 0 Å². The maximum Gasteiger partial charge on any atom is 0.261 e. The third-order valence-corrected chi connectivity index (χ3v) is 3.18. The molecule has 0 fully saturated rings. The molecule has 0 N–H and O–H groups in total. The molecule has 19 heavy (non-hydrogen) atoms. The van der Waals surface area contributed by atoms with Crippen LogP contribution in [0.5, 0.6) is 0 Å². The van der Waals surface area contributed by atoms with Gasteiger partial charge in [0.2, 0.25) is 0 Å². The third-order valence-electron chi connectivity index (χ3n) is 2.63. The zero-order valence-corrected chi connectivity index (χ0v) is 11.5. The van der Waals surface area contributed by atoms with Gasteiger partial charge in [0.1, 0.15) is 17.9 Å². The summed E-state index contributed by atoms with van der Waals surface area (Å²) < 4.78 is 30.6. The first kappa shape index (κ1) is 14.5. The number of ether oxygens (including phenoxy) is 1. The molecule has 3 nitrogen and oxygen atoms in total. The summed E-state index contributed by atoms with van der Waals surface area (Å²) in [6, 6.07) is 5.41. The summed E-state index contributed by atoms with van der Waals surface area (Å²) in [5, 5.41) is 0.538. The van der Waals surface area contributed by atoms with Gasteiger partial charge in [-0.3, -0.25) is 0 Å². The molecule has 1 aromatic carbocycles. The molecule has 0 aliphatic heterocycles. The summed E-state index contributed by atoms with van der Waals surface area (Å²) in [4.78, 5) is 4.34. The Balaban J connectivity index is 2.18. The van der Waals surface area contributed by atoms with Gasteiger partial charge < -0.3 is 9.30 Å². The van der Waals surface area contributed by atoms with Gasteiger partial charge >= 0.3 is 0 Å². The van der Waals surface area contributed by atoms with Gasteiger partial charge in [-0.05, 0) is 12.1 Å². The van der Waals surface area contributed by atoms with E-state index in [-0.39, 0.29) is 12.5 Å². The lowest BCUT2D eigenvalue weighted by atomic mass is 10.3. The topological polar surface area (TPSA) is 27.1 Å². The molecule has 104 valence electrons. The first-order valence-electron chi connectivity index (χ1n) is 5.69. The number of nitrogens with zero attached hydrogens (tertiary/aromatic N) is 2. The van der Waals surface area contributed by atoms with Gasteiger partial charge in [-0.2, -0.15) is 0 Å². The van der Waals surface area contributed by atoms with Crippen molar-refractivity contribution >= 4 is 34.2 Å². The summed E-state index contributed by atoms with van der Waals surface area (Å²) in [6.07, 6.45) is -2.46. The summed E-state index contributed by atoms with van der Waals surface area (Å²) in [5.74, 6) is 0.866. The Bertz CT molecular complexity index is 560. The zero-order valence-electron chi connectivity index (χ0n) is 9.95. The fraction of sp³-hybridized carbons (Fsp3) is 0.417. The molecule has 1 heterocycles. The van der Waals surface area contributed by atoms with E-state index in [0.29, 0.717) is 22.9 Å². The van der Waals surface area contributed by atoms with Crippen molar-refractivity contribution in [3.63, 3.8) is 0 Å². The monoisotopic (exact) mass is 308 g/mol. The lowest BCUT2D eigenvalue weighted by Crippen LogP contribution is -2.12. The quantitative estimate of drug-likeness (QED) is 0.601. The highest BCUT2D eigenvalue weighted by Gasteiger charge is 2.12. The van der Waals surface area contributed by atoms with Crippen LogP contribution in [0.3, 0.4) is 0 Å². The highest BCUT2D eigenvalue weighted by Crippen LogP contribution is 2.24. The molecule has 0 amide bonds. The lowest BCUT2D eigenvalue weighted by molar-refractivity contribution is 0.0149. The number of aromatic nitrogens is 2. The summed E-state index contributed by atoms with van der Waals surface area (Å²) >= 11 is 11.9. The highest BCUT2D eigenvalue weighted by atomic mass is 35.5. The Kier molecular flexibility index (Phi) is 4.96. The van der Waals surface area contributed by atoms with Gasteiger partial charge in [-0.1, -0.05) is 17.7 Å². The third kappa shape index (κ3) is 3.35. The number of rotatable bonds is 6. The predicted molar refractivity (Wildman–Crippen MR) is 71.1 cm³/mol. The molecule has 0 spiro atoms. The molecular formula is C12H12Cl2F2N2O. The maximum atomic E-state index is 12.0. The predicted octanol–water partition coefficient (Wildman–Crippen LogP) is 3.71. The first-order chi connectivity index (χ1) is 9.13. The van der Waals surface area contributed by atoms with Crippen molar-refractivity contribution in [1.82, 2.24) is 9.55 Å². The standard InChI is InChI=1S/C12H12Cl2F2N2O/c13-6-11-17-12-8(14)2-1-3-9(12)18(11)4-5-19-7-10(15)16/h1-3,10H,4-7H2. The second-order valence-electron chi connectivity index (χ2n) is 3.89. The van der Waals surface area contributed by atoms with Crippen LogP contribution in [0.2, 0.25) is 5.02 Å². The number of fused-ring (bicyclic) bond motifs is 1. The molecule has 2 aromatic rings. The Morgan fingerprint density at radius 2 is 2.16 bits per heavy atom.